The number of aromatic amines is 1. The van der Waals surface area contributed by atoms with E-state index in [1.807, 2.05) is 13.1 Å². The highest BCUT2D eigenvalue weighted by molar-refractivity contribution is 9.11. The molecule has 0 fully saturated rings. The van der Waals surface area contributed by atoms with Gasteiger partial charge < -0.3 is 4.98 Å². The third-order valence-electron chi connectivity index (χ3n) is 2.84. The highest BCUT2D eigenvalue weighted by Crippen LogP contribution is 2.21. The highest BCUT2D eigenvalue weighted by Gasteiger charge is 2.02. The number of aromatic nitrogens is 1. The molecule has 17 heavy (non-hydrogen) atoms. The van der Waals surface area contributed by atoms with Gasteiger partial charge in [-0.25, -0.2) is 0 Å². The molecule has 0 aromatic carbocycles. The van der Waals surface area contributed by atoms with Gasteiger partial charge in [0.05, 0.1) is 0 Å². The molecule has 92 valence electrons. The molecule has 1 rings (SSSR count). The summed E-state index contributed by atoms with van der Waals surface area (Å²) in [5.41, 5.74) is 5.05. The van der Waals surface area contributed by atoms with Crippen LogP contribution in [0.25, 0.3) is 12.2 Å². The number of hydrogen-bond acceptors (Lipinski definition) is 0. The molecule has 1 aromatic heterocycles. The second-order valence-corrected chi connectivity index (χ2v) is 4.95. The Kier molecular flexibility index (Phi) is 5.49. The van der Waals surface area contributed by atoms with Crippen LogP contribution in [0.5, 0.6) is 0 Å². The Labute approximate surface area is 112 Å². The standard InChI is InChI=1S/C15H20BrN/c1-5-7-13-10-17-12(4)14(13)8-9-15(16)11(3)6-2/h5,7-10,17H,6H2,1-4H3/b7-5+,9-8-,15-11-. The van der Waals surface area contributed by atoms with E-state index >= 15 is 0 Å². The van der Waals surface area contributed by atoms with Crippen LogP contribution in [0.3, 0.4) is 0 Å². The minimum absolute atomic E-state index is 1.07. The van der Waals surface area contributed by atoms with Gasteiger partial charge >= 0.3 is 0 Å². The molecule has 0 saturated heterocycles. The van der Waals surface area contributed by atoms with E-state index in [9.17, 15) is 0 Å². The zero-order valence-corrected chi connectivity index (χ0v) is 12.6. The Hall–Kier alpha value is -1.02. The van der Waals surface area contributed by atoms with Crippen LogP contribution in [0.1, 0.15) is 44.0 Å². The van der Waals surface area contributed by atoms with Gasteiger partial charge in [0.2, 0.25) is 0 Å². The topological polar surface area (TPSA) is 15.8 Å². The fraction of sp³-hybridized carbons (Fsp3) is 0.333. The third kappa shape index (κ3) is 3.74. The van der Waals surface area contributed by atoms with E-state index in [2.05, 4.69) is 66.0 Å². The van der Waals surface area contributed by atoms with Crippen molar-refractivity contribution in [2.45, 2.75) is 34.1 Å². The van der Waals surface area contributed by atoms with Crippen molar-refractivity contribution in [3.63, 3.8) is 0 Å². The number of nitrogens with one attached hydrogen (secondary N) is 1. The molecule has 0 unspecified atom stereocenters. The lowest BCUT2D eigenvalue weighted by Gasteiger charge is -1.99. The molecule has 1 N–H and O–H groups in total. The summed E-state index contributed by atoms with van der Waals surface area (Å²) in [7, 11) is 0. The summed E-state index contributed by atoms with van der Waals surface area (Å²) in [6, 6.07) is 0. The van der Waals surface area contributed by atoms with E-state index in [0.717, 1.165) is 6.42 Å². The Bertz CT molecular complexity index is 461. The lowest BCUT2D eigenvalue weighted by atomic mass is 10.1. The lowest BCUT2D eigenvalue weighted by molar-refractivity contribution is 1.10. The molecule has 0 radical (unpaired) electrons. The number of rotatable bonds is 4. The van der Waals surface area contributed by atoms with Crippen LogP contribution in [0, 0.1) is 6.92 Å². The Morgan fingerprint density at radius 2 is 2.12 bits per heavy atom. The predicted molar refractivity (Wildman–Crippen MR) is 81.2 cm³/mol. The average Bonchev–Trinajstić information content (AvgIpc) is 2.67. The molecule has 0 aliphatic heterocycles. The first-order chi connectivity index (χ1) is 8.10. The molecule has 0 aliphatic rings. The number of halogens is 1. The maximum atomic E-state index is 3.60. The smallest absolute Gasteiger partial charge is 0.0195 e. The number of allylic oxidation sites excluding steroid dienone is 4. The second-order valence-electron chi connectivity index (χ2n) is 4.10. The van der Waals surface area contributed by atoms with Crippen molar-refractivity contribution in [2.24, 2.45) is 0 Å². The Morgan fingerprint density at radius 3 is 2.71 bits per heavy atom. The molecular weight excluding hydrogens is 274 g/mol. The quantitative estimate of drug-likeness (QED) is 0.711. The first-order valence-electron chi connectivity index (χ1n) is 5.94. The molecule has 0 aliphatic carbocycles. The first-order valence-corrected chi connectivity index (χ1v) is 6.73. The van der Waals surface area contributed by atoms with Crippen molar-refractivity contribution >= 4 is 28.1 Å². The summed E-state index contributed by atoms with van der Waals surface area (Å²) in [4.78, 5) is 3.26. The maximum absolute atomic E-state index is 3.60. The van der Waals surface area contributed by atoms with Gasteiger partial charge in [-0.2, -0.15) is 0 Å². The molecule has 1 aromatic rings. The van der Waals surface area contributed by atoms with Gasteiger partial charge in [-0.15, -0.1) is 0 Å². The second kappa shape index (κ2) is 6.65. The highest BCUT2D eigenvalue weighted by atomic mass is 79.9. The van der Waals surface area contributed by atoms with Crippen LogP contribution in [-0.4, -0.2) is 4.98 Å². The summed E-state index contributed by atoms with van der Waals surface area (Å²) in [6.07, 6.45) is 11.6. The number of aryl methyl sites for hydroxylation is 1. The summed E-state index contributed by atoms with van der Waals surface area (Å²) >= 11 is 3.60. The number of hydrogen-bond donors (Lipinski definition) is 1. The largest absolute Gasteiger partial charge is 0.364 e. The minimum Gasteiger partial charge on any atom is -0.364 e. The molecule has 1 heterocycles. The van der Waals surface area contributed by atoms with Crippen LogP contribution < -0.4 is 0 Å². The van der Waals surface area contributed by atoms with Gasteiger partial charge in [0.25, 0.3) is 0 Å². The van der Waals surface area contributed by atoms with Crippen LogP contribution in [0.15, 0.2) is 28.4 Å². The van der Waals surface area contributed by atoms with E-state index in [-0.39, 0.29) is 0 Å². The fourth-order valence-electron chi connectivity index (χ4n) is 1.56. The maximum Gasteiger partial charge on any atom is 0.0195 e. The van der Waals surface area contributed by atoms with Crippen molar-refractivity contribution in [3.8, 4) is 0 Å². The predicted octanol–water partition coefficient (Wildman–Crippen LogP) is 5.45. The van der Waals surface area contributed by atoms with Crippen LogP contribution in [-0.2, 0) is 0 Å². The summed E-state index contributed by atoms with van der Waals surface area (Å²) in [5.74, 6) is 0. The van der Waals surface area contributed by atoms with Crippen molar-refractivity contribution in [2.75, 3.05) is 0 Å². The molecule has 0 atom stereocenters. The molecule has 0 spiro atoms. The average molecular weight is 294 g/mol. The van der Waals surface area contributed by atoms with Crippen molar-refractivity contribution in [3.05, 3.63) is 45.2 Å². The van der Waals surface area contributed by atoms with E-state index in [4.69, 9.17) is 0 Å². The van der Waals surface area contributed by atoms with E-state index in [0.29, 0.717) is 0 Å². The van der Waals surface area contributed by atoms with Gasteiger partial charge in [0, 0.05) is 21.9 Å². The van der Waals surface area contributed by atoms with Crippen molar-refractivity contribution < 1.29 is 0 Å². The van der Waals surface area contributed by atoms with Gasteiger partial charge in [-0.3, -0.25) is 0 Å². The molecule has 0 amide bonds. The monoisotopic (exact) mass is 293 g/mol. The molecular formula is C15H20BrN. The van der Waals surface area contributed by atoms with E-state index < -0.39 is 0 Å². The lowest BCUT2D eigenvalue weighted by Crippen LogP contribution is -1.79. The van der Waals surface area contributed by atoms with Crippen LogP contribution >= 0.6 is 15.9 Å². The van der Waals surface area contributed by atoms with Gasteiger partial charge in [0.15, 0.2) is 0 Å². The molecule has 0 saturated carbocycles. The van der Waals surface area contributed by atoms with Crippen LogP contribution in [0.4, 0.5) is 0 Å². The summed E-state index contributed by atoms with van der Waals surface area (Å²) < 4.78 is 1.17. The van der Waals surface area contributed by atoms with Gasteiger partial charge in [0.1, 0.15) is 0 Å². The van der Waals surface area contributed by atoms with Crippen LogP contribution in [0.2, 0.25) is 0 Å². The number of H-pyrrole nitrogens is 1. The minimum atomic E-state index is 1.07. The van der Waals surface area contributed by atoms with Gasteiger partial charge in [-0.05, 0) is 38.8 Å². The molecule has 1 nitrogen and oxygen atoms in total. The third-order valence-corrected chi connectivity index (χ3v) is 3.78. The Balaban J connectivity index is 3.03. The first kappa shape index (κ1) is 14.0. The normalized spacial score (nSPS) is 13.7. The van der Waals surface area contributed by atoms with E-state index in [1.54, 1.807) is 0 Å². The Morgan fingerprint density at radius 1 is 1.41 bits per heavy atom. The molecule has 0 bridgehead atoms. The van der Waals surface area contributed by atoms with Crippen molar-refractivity contribution in [1.29, 1.82) is 0 Å². The van der Waals surface area contributed by atoms with E-state index in [1.165, 1.54) is 26.9 Å². The zero-order chi connectivity index (χ0) is 12.8. The van der Waals surface area contributed by atoms with Gasteiger partial charge in [-0.1, -0.05) is 46.7 Å². The SMILES string of the molecule is C/C=C/c1c[nH]c(C)c1/C=C\C(Br)=C(/C)CC. The zero-order valence-electron chi connectivity index (χ0n) is 11.0. The molecule has 2 heteroatoms. The van der Waals surface area contributed by atoms with Crippen molar-refractivity contribution in [1.82, 2.24) is 4.98 Å². The summed E-state index contributed by atoms with van der Waals surface area (Å²) in [6.45, 7) is 8.44. The summed E-state index contributed by atoms with van der Waals surface area (Å²) in [5, 5.41) is 0. The fourth-order valence-corrected chi connectivity index (χ4v) is 1.98.